The van der Waals surface area contributed by atoms with E-state index in [1.54, 1.807) is 24.3 Å². The van der Waals surface area contributed by atoms with Gasteiger partial charge in [0.2, 0.25) is 5.91 Å². The Morgan fingerprint density at radius 2 is 2.10 bits per heavy atom. The van der Waals surface area contributed by atoms with Gasteiger partial charge in [0.05, 0.1) is 17.7 Å². The molecule has 1 amide bonds. The first kappa shape index (κ1) is 14.5. The lowest BCUT2D eigenvalue weighted by Crippen LogP contribution is -2.48. The van der Waals surface area contributed by atoms with Gasteiger partial charge >= 0.3 is 0 Å². The fourth-order valence-electron chi connectivity index (χ4n) is 2.72. The van der Waals surface area contributed by atoms with Crippen LogP contribution in [0.2, 0.25) is 0 Å². The fraction of sp³-hybridized carbons (Fsp3) is 0.500. The normalized spacial score (nSPS) is 20.9. The molecule has 1 aliphatic rings. The lowest BCUT2D eigenvalue weighted by atomic mass is 10.0. The highest BCUT2D eigenvalue weighted by Crippen LogP contribution is 2.20. The molecule has 4 heteroatoms. The number of piperidine rings is 1. The number of hydrogen-bond donors (Lipinski definition) is 1. The van der Waals surface area contributed by atoms with E-state index in [1.807, 2.05) is 6.92 Å². The van der Waals surface area contributed by atoms with Gasteiger partial charge in [-0.05, 0) is 57.5 Å². The molecule has 0 aliphatic carbocycles. The van der Waals surface area contributed by atoms with E-state index in [2.05, 4.69) is 23.2 Å². The van der Waals surface area contributed by atoms with E-state index in [0.29, 0.717) is 11.6 Å². The molecule has 0 aromatic heterocycles. The number of rotatable bonds is 3. The molecule has 2 rings (SSSR count). The number of anilines is 1. The maximum atomic E-state index is 12.3. The van der Waals surface area contributed by atoms with E-state index in [-0.39, 0.29) is 11.9 Å². The Balaban J connectivity index is 1.98. The smallest absolute Gasteiger partial charge is 0.241 e. The lowest BCUT2D eigenvalue weighted by molar-refractivity contribution is -0.122. The van der Waals surface area contributed by atoms with E-state index >= 15 is 0 Å². The number of benzene rings is 1. The first-order valence-electron chi connectivity index (χ1n) is 7.18. The van der Waals surface area contributed by atoms with Gasteiger partial charge in [-0.2, -0.15) is 5.26 Å². The topological polar surface area (TPSA) is 56.1 Å². The van der Waals surface area contributed by atoms with Crippen LogP contribution in [0, 0.1) is 11.3 Å². The molecular weight excluding hydrogens is 250 g/mol. The summed E-state index contributed by atoms with van der Waals surface area (Å²) < 4.78 is 0. The molecule has 0 spiro atoms. The van der Waals surface area contributed by atoms with Crippen molar-refractivity contribution in [1.29, 1.82) is 5.26 Å². The standard InChI is InChI=1S/C16H21N3O/c1-12-5-3-4-10-19(12)13(2)16(20)18-15-8-6-14(11-17)7-9-15/h6-9,12-13H,3-5,10H2,1-2H3,(H,18,20)/t12-,13-/m0/s1. The lowest BCUT2D eigenvalue weighted by Gasteiger charge is -2.37. The molecule has 1 aromatic carbocycles. The van der Waals surface area contributed by atoms with Gasteiger partial charge in [-0.15, -0.1) is 0 Å². The number of carbonyl (C=O) groups is 1. The predicted octanol–water partition coefficient (Wildman–Crippen LogP) is 2.76. The van der Waals surface area contributed by atoms with Crippen LogP contribution in [0.15, 0.2) is 24.3 Å². The highest BCUT2D eigenvalue weighted by Gasteiger charge is 2.27. The van der Waals surface area contributed by atoms with Crippen LogP contribution in [-0.4, -0.2) is 29.4 Å². The maximum Gasteiger partial charge on any atom is 0.241 e. The van der Waals surface area contributed by atoms with Crippen LogP contribution in [0.5, 0.6) is 0 Å². The van der Waals surface area contributed by atoms with Crippen LogP contribution in [0.25, 0.3) is 0 Å². The summed E-state index contributed by atoms with van der Waals surface area (Å²) in [5.41, 5.74) is 1.34. The van der Waals surface area contributed by atoms with E-state index in [4.69, 9.17) is 5.26 Å². The molecule has 1 saturated heterocycles. The molecule has 0 radical (unpaired) electrons. The minimum absolute atomic E-state index is 0.0171. The first-order valence-corrected chi connectivity index (χ1v) is 7.18. The zero-order valence-corrected chi connectivity index (χ0v) is 12.1. The average molecular weight is 271 g/mol. The number of nitrogens with one attached hydrogen (secondary N) is 1. The summed E-state index contributed by atoms with van der Waals surface area (Å²) in [4.78, 5) is 14.6. The minimum Gasteiger partial charge on any atom is -0.325 e. The Morgan fingerprint density at radius 3 is 2.70 bits per heavy atom. The minimum atomic E-state index is -0.124. The summed E-state index contributed by atoms with van der Waals surface area (Å²) in [6.45, 7) is 5.13. The van der Waals surface area contributed by atoms with Crippen molar-refractivity contribution in [2.24, 2.45) is 0 Å². The van der Waals surface area contributed by atoms with Crippen molar-refractivity contribution >= 4 is 11.6 Å². The second-order valence-electron chi connectivity index (χ2n) is 5.44. The molecule has 4 nitrogen and oxygen atoms in total. The third kappa shape index (κ3) is 3.37. The summed E-state index contributed by atoms with van der Waals surface area (Å²) >= 11 is 0. The molecule has 0 saturated carbocycles. The molecule has 1 heterocycles. The number of nitriles is 1. The molecule has 1 aliphatic heterocycles. The van der Waals surface area contributed by atoms with Gasteiger partial charge in [-0.25, -0.2) is 0 Å². The van der Waals surface area contributed by atoms with Gasteiger partial charge in [0, 0.05) is 11.7 Å². The fourth-order valence-corrected chi connectivity index (χ4v) is 2.72. The summed E-state index contributed by atoms with van der Waals surface area (Å²) in [5.74, 6) is 0.0171. The van der Waals surface area contributed by atoms with Gasteiger partial charge in [0.15, 0.2) is 0 Å². The van der Waals surface area contributed by atoms with Crippen LogP contribution in [0.1, 0.15) is 38.7 Å². The number of nitrogens with zero attached hydrogens (tertiary/aromatic N) is 2. The van der Waals surface area contributed by atoms with Crippen LogP contribution < -0.4 is 5.32 Å². The molecule has 0 bridgehead atoms. The number of amides is 1. The van der Waals surface area contributed by atoms with Crippen LogP contribution in [-0.2, 0) is 4.79 Å². The van der Waals surface area contributed by atoms with Gasteiger partial charge in [0.1, 0.15) is 0 Å². The Morgan fingerprint density at radius 1 is 1.40 bits per heavy atom. The number of likely N-dealkylation sites (tertiary alicyclic amines) is 1. The summed E-state index contributed by atoms with van der Waals surface area (Å²) in [5, 5.41) is 11.7. The van der Waals surface area contributed by atoms with Crippen LogP contribution >= 0.6 is 0 Å². The van der Waals surface area contributed by atoms with Crippen LogP contribution in [0.4, 0.5) is 5.69 Å². The molecule has 1 aromatic rings. The quantitative estimate of drug-likeness (QED) is 0.919. The highest BCUT2D eigenvalue weighted by molar-refractivity contribution is 5.94. The average Bonchev–Trinajstić information content (AvgIpc) is 2.48. The Bertz CT molecular complexity index is 503. The third-order valence-corrected chi connectivity index (χ3v) is 4.01. The molecule has 106 valence electrons. The predicted molar refractivity (Wildman–Crippen MR) is 79.3 cm³/mol. The summed E-state index contributed by atoms with van der Waals surface area (Å²) in [6.07, 6.45) is 3.58. The number of hydrogen-bond acceptors (Lipinski definition) is 3. The summed E-state index contributed by atoms with van der Waals surface area (Å²) in [6, 6.07) is 9.36. The first-order chi connectivity index (χ1) is 9.61. The molecule has 0 unspecified atom stereocenters. The van der Waals surface area contributed by atoms with Crippen molar-refractivity contribution in [3.05, 3.63) is 29.8 Å². The largest absolute Gasteiger partial charge is 0.325 e. The van der Waals surface area contributed by atoms with Gasteiger partial charge in [-0.3, -0.25) is 9.69 Å². The zero-order chi connectivity index (χ0) is 14.5. The van der Waals surface area contributed by atoms with Gasteiger partial charge in [-0.1, -0.05) is 6.42 Å². The van der Waals surface area contributed by atoms with Gasteiger partial charge in [0.25, 0.3) is 0 Å². The van der Waals surface area contributed by atoms with Crippen molar-refractivity contribution < 1.29 is 4.79 Å². The molecule has 20 heavy (non-hydrogen) atoms. The van der Waals surface area contributed by atoms with E-state index in [9.17, 15) is 4.79 Å². The number of carbonyl (C=O) groups excluding carboxylic acids is 1. The highest BCUT2D eigenvalue weighted by atomic mass is 16.2. The molecule has 2 atom stereocenters. The third-order valence-electron chi connectivity index (χ3n) is 4.01. The zero-order valence-electron chi connectivity index (χ0n) is 12.1. The van der Waals surface area contributed by atoms with Crippen molar-refractivity contribution in [3.63, 3.8) is 0 Å². The van der Waals surface area contributed by atoms with Crippen LogP contribution in [0.3, 0.4) is 0 Å². The Kier molecular flexibility index (Phi) is 4.75. The Hall–Kier alpha value is -1.86. The SMILES string of the molecule is C[C@H]1CCCCN1[C@@H](C)C(=O)Nc1ccc(C#N)cc1. The molecule has 1 fully saturated rings. The van der Waals surface area contributed by atoms with E-state index < -0.39 is 0 Å². The molecular formula is C16H21N3O. The Labute approximate surface area is 120 Å². The van der Waals surface area contributed by atoms with E-state index in [1.165, 1.54) is 12.8 Å². The van der Waals surface area contributed by atoms with Crippen molar-refractivity contribution in [2.45, 2.75) is 45.2 Å². The molecule has 1 N–H and O–H groups in total. The van der Waals surface area contributed by atoms with E-state index in [0.717, 1.165) is 18.7 Å². The monoisotopic (exact) mass is 271 g/mol. The summed E-state index contributed by atoms with van der Waals surface area (Å²) in [7, 11) is 0. The second kappa shape index (κ2) is 6.53. The maximum absolute atomic E-state index is 12.3. The van der Waals surface area contributed by atoms with Crippen molar-refractivity contribution in [2.75, 3.05) is 11.9 Å². The van der Waals surface area contributed by atoms with Gasteiger partial charge < -0.3 is 5.32 Å². The van der Waals surface area contributed by atoms with Crippen molar-refractivity contribution in [3.8, 4) is 6.07 Å². The van der Waals surface area contributed by atoms with Crippen molar-refractivity contribution in [1.82, 2.24) is 4.90 Å². The second-order valence-corrected chi connectivity index (χ2v) is 5.44.